The first-order valence-corrected chi connectivity index (χ1v) is 5.75. The van der Waals surface area contributed by atoms with Gasteiger partial charge in [-0.15, -0.1) is 13.2 Å². The zero-order chi connectivity index (χ0) is 14.8. The maximum absolute atomic E-state index is 12.1. The third-order valence-electron chi connectivity index (χ3n) is 2.77. The van der Waals surface area contributed by atoms with E-state index in [9.17, 15) is 13.2 Å². The van der Waals surface area contributed by atoms with E-state index in [0.29, 0.717) is 22.4 Å². The van der Waals surface area contributed by atoms with E-state index in [-0.39, 0.29) is 12.4 Å². The van der Waals surface area contributed by atoms with Gasteiger partial charge < -0.3 is 15.6 Å². The van der Waals surface area contributed by atoms with Gasteiger partial charge in [-0.25, -0.2) is 0 Å². The van der Waals surface area contributed by atoms with Crippen LogP contribution in [0.1, 0.15) is 5.56 Å². The van der Waals surface area contributed by atoms with Gasteiger partial charge in [0.25, 0.3) is 0 Å². The minimum atomic E-state index is -4.71. The number of nitrogens with two attached hydrogens (primary N) is 1. The molecule has 0 saturated heterocycles. The van der Waals surface area contributed by atoms with E-state index in [1.165, 1.54) is 24.3 Å². The molecule has 0 bridgehead atoms. The molecule has 106 valence electrons. The van der Waals surface area contributed by atoms with Crippen molar-refractivity contribution in [3.05, 3.63) is 48.0 Å². The Hall–Kier alpha value is -2.21. The Bertz CT molecular complexity index is 594. The summed E-state index contributed by atoms with van der Waals surface area (Å²) in [6.07, 6.45) is -4.71. The number of anilines is 1. The van der Waals surface area contributed by atoms with E-state index in [1.807, 2.05) is 0 Å². The molecule has 0 aliphatic heterocycles. The fourth-order valence-electron chi connectivity index (χ4n) is 1.84. The Morgan fingerprint density at radius 2 is 1.70 bits per heavy atom. The number of hydrogen-bond acceptors (Lipinski definition) is 3. The lowest BCUT2D eigenvalue weighted by Crippen LogP contribution is -2.16. The molecular formula is C14H12F3NO2. The van der Waals surface area contributed by atoms with Gasteiger partial charge in [0.15, 0.2) is 0 Å². The lowest BCUT2D eigenvalue weighted by atomic mass is 10.0. The zero-order valence-corrected chi connectivity index (χ0v) is 10.3. The van der Waals surface area contributed by atoms with E-state index in [0.717, 1.165) is 0 Å². The second-order valence-corrected chi connectivity index (χ2v) is 4.11. The molecule has 0 spiro atoms. The fraction of sp³-hybridized carbons (Fsp3) is 0.143. The highest BCUT2D eigenvalue weighted by atomic mass is 19.4. The highest BCUT2D eigenvalue weighted by molar-refractivity contribution is 5.78. The monoisotopic (exact) mass is 283 g/mol. The number of benzene rings is 2. The van der Waals surface area contributed by atoms with Gasteiger partial charge in [-0.2, -0.15) is 0 Å². The molecule has 0 fully saturated rings. The third kappa shape index (κ3) is 3.21. The van der Waals surface area contributed by atoms with E-state index in [2.05, 4.69) is 4.74 Å². The quantitative estimate of drug-likeness (QED) is 0.849. The Kier molecular flexibility index (Phi) is 3.85. The number of aliphatic hydroxyl groups is 1. The van der Waals surface area contributed by atoms with Crippen LogP contribution in [0.15, 0.2) is 42.5 Å². The van der Waals surface area contributed by atoms with E-state index >= 15 is 0 Å². The van der Waals surface area contributed by atoms with Crippen molar-refractivity contribution in [2.45, 2.75) is 13.0 Å². The van der Waals surface area contributed by atoms with Crippen molar-refractivity contribution in [3.63, 3.8) is 0 Å². The van der Waals surface area contributed by atoms with E-state index in [4.69, 9.17) is 10.8 Å². The van der Waals surface area contributed by atoms with Crippen molar-refractivity contribution in [1.29, 1.82) is 0 Å². The number of halogens is 3. The highest BCUT2D eigenvalue weighted by Gasteiger charge is 2.30. The highest BCUT2D eigenvalue weighted by Crippen LogP contribution is 2.31. The van der Waals surface area contributed by atoms with Gasteiger partial charge in [0.05, 0.1) is 6.61 Å². The van der Waals surface area contributed by atoms with Crippen LogP contribution in [0.25, 0.3) is 11.1 Å². The van der Waals surface area contributed by atoms with Crippen LogP contribution in [0.2, 0.25) is 0 Å². The summed E-state index contributed by atoms with van der Waals surface area (Å²) in [6.45, 7) is -0.199. The molecule has 2 aromatic carbocycles. The molecule has 3 nitrogen and oxygen atoms in total. The first kappa shape index (κ1) is 14.2. The van der Waals surface area contributed by atoms with Crippen molar-refractivity contribution in [2.24, 2.45) is 0 Å². The predicted octanol–water partition coefficient (Wildman–Crippen LogP) is 3.33. The van der Waals surface area contributed by atoms with Crippen LogP contribution in [0.5, 0.6) is 5.75 Å². The Labute approximate surface area is 113 Å². The zero-order valence-electron chi connectivity index (χ0n) is 10.3. The predicted molar refractivity (Wildman–Crippen MR) is 68.9 cm³/mol. The van der Waals surface area contributed by atoms with Gasteiger partial charge in [-0.3, -0.25) is 0 Å². The number of hydrogen-bond donors (Lipinski definition) is 2. The number of nitrogen functional groups attached to an aromatic ring is 1. The average Bonchev–Trinajstić information content (AvgIpc) is 2.38. The topological polar surface area (TPSA) is 55.5 Å². The molecule has 0 aliphatic carbocycles. The molecule has 2 rings (SSSR count). The van der Waals surface area contributed by atoms with E-state index in [1.54, 1.807) is 18.2 Å². The Morgan fingerprint density at radius 3 is 2.25 bits per heavy atom. The summed E-state index contributed by atoms with van der Waals surface area (Å²) in [5, 5.41) is 9.14. The van der Waals surface area contributed by atoms with Crippen molar-refractivity contribution in [2.75, 3.05) is 5.73 Å². The standard InChI is InChI=1S/C14H12F3NO2/c15-14(16,17)20-11-6-4-9(5-7-11)12-3-1-2-10(8-19)13(12)18/h1-7,19H,8,18H2. The molecule has 0 aliphatic rings. The summed E-state index contributed by atoms with van der Waals surface area (Å²) in [5.74, 6) is -0.293. The van der Waals surface area contributed by atoms with Crippen LogP contribution < -0.4 is 10.5 Å². The van der Waals surface area contributed by atoms with Gasteiger partial charge in [0.1, 0.15) is 5.75 Å². The molecule has 3 N–H and O–H groups in total. The number of para-hydroxylation sites is 1. The summed E-state index contributed by atoms with van der Waals surface area (Å²) < 4.78 is 40.0. The molecule has 2 aromatic rings. The van der Waals surface area contributed by atoms with Gasteiger partial charge in [-0.1, -0.05) is 30.3 Å². The summed E-state index contributed by atoms with van der Waals surface area (Å²) >= 11 is 0. The van der Waals surface area contributed by atoms with Gasteiger partial charge in [0, 0.05) is 16.8 Å². The molecule has 0 unspecified atom stereocenters. The first-order valence-electron chi connectivity index (χ1n) is 5.75. The lowest BCUT2D eigenvalue weighted by molar-refractivity contribution is -0.274. The van der Waals surface area contributed by atoms with Crippen LogP contribution in [-0.4, -0.2) is 11.5 Å². The minimum Gasteiger partial charge on any atom is -0.406 e. The molecule has 0 aromatic heterocycles. The summed E-state index contributed by atoms with van der Waals surface area (Å²) in [6, 6.07) is 10.5. The maximum atomic E-state index is 12.1. The molecule has 0 atom stereocenters. The van der Waals surface area contributed by atoms with Crippen LogP contribution in [0, 0.1) is 0 Å². The van der Waals surface area contributed by atoms with Gasteiger partial charge in [-0.05, 0) is 17.7 Å². The second kappa shape index (κ2) is 5.42. The Balaban J connectivity index is 2.31. The van der Waals surface area contributed by atoms with Gasteiger partial charge >= 0.3 is 6.36 Å². The van der Waals surface area contributed by atoms with Crippen molar-refractivity contribution in [1.82, 2.24) is 0 Å². The molecule has 0 radical (unpaired) electrons. The second-order valence-electron chi connectivity index (χ2n) is 4.11. The number of ether oxygens (including phenoxy) is 1. The number of rotatable bonds is 3. The summed E-state index contributed by atoms with van der Waals surface area (Å²) in [4.78, 5) is 0. The summed E-state index contributed by atoms with van der Waals surface area (Å²) in [7, 11) is 0. The number of aliphatic hydroxyl groups excluding tert-OH is 1. The molecule has 0 amide bonds. The normalized spacial score (nSPS) is 11.4. The molecule has 0 saturated carbocycles. The molecular weight excluding hydrogens is 271 g/mol. The molecule has 0 heterocycles. The van der Waals surface area contributed by atoms with Crippen LogP contribution in [0.3, 0.4) is 0 Å². The Morgan fingerprint density at radius 1 is 1.05 bits per heavy atom. The van der Waals surface area contributed by atoms with Crippen molar-refractivity contribution < 1.29 is 23.0 Å². The van der Waals surface area contributed by atoms with E-state index < -0.39 is 6.36 Å². The van der Waals surface area contributed by atoms with Crippen LogP contribution in [0.4, 0.5) is 18.9 Å². The molecule has 20 heavy (non-hydrogen) atoms. The fourth-order valence-corrected chi connectivity index (χ4v) is 1.84. The minimum absolute atomic E-state index is 0.199. The van der Waals surface area contributed by atoms with Crippen molar-refractivity contribution in [3.8, 4) is 16.9 Å². The third-order valence-corrected chi connectivity index (χ3v) is 2.77. The van der Waals surface area contributed by atoms with Crippen LogP contribution in [-0.2, 0) is 6.61 Å². The summed E-state index contributed by atoms with van der Waals surface area (Å²) in [5.41, 5.74) is 8.16. The lowest BCUT2D eigenvalue weighted by Gasteiger charge is -2.11. The first-order chi connectivity index (χ1) is 9.40. The smallest absolute Gasteiger partial charge is 0.406 e. The molecule has 6 heteroatoms. The average molecular weight is 283 g/mol. The maximum Gasteiger partial charge on any atom is 0.573 e. The van der Waals surface area contributed by atoms with Crippen molar-refractivity contribution >= 4 is 5.69 Å². The number of alkyl halides is 3. The van der Waals surface area contributed by atoms with Gasteiger partial charge in [0.2, 0.25) is 0 Å². The SMILES string of the molecule is Nc1c(CO)cccc1-c1ccc(OC(F)(F)F)cc1. The largest absolute Gasteiger partial charge is 0.573 e. The van der Waals surface area contributed by atoms with Crippen LogP contribution >= 0.6 is 0 Å².